The summed E-state index contributed by atoms with van der Waals surface area (Å²) in [6, 6.07) is 0. The van der Waals surface area contributed by atoms with Crippen LogP contribution in [0.4, 0.5) is 0 Å². The van der Waals surface area contributed by atoms with E-state index in [2.05, 4.69) is 62.3 Å². The smallest absolute Gasteiger partial charge is 0.0604 e. The van der Waals surface area contributed by atoms with Crippen molar-refractivity contribution >= 4 is 0 Å². The van der Waals surface area contributed by atoms with Crippen LogP contribution < -0.4 is 0 Å². The molecule has 2 aliphatic carbocycles. The van der Waals surface area contributed by atoms with Gasteiger partial charge in [0.15, 0.2) is 0 Å². The van der Waals surface area contributed by atoms with E-state index in [1.807, 2.05) is 0 Å². The van der Waals surface area contributed by atoms with E-state index < -0.39 is 0 Å². The van der Waals surface area contributed by atoms with Gasteiger partial charge in [-0.2, -0.15) is 0 Å². The highest BCUT2D eigenvalue weighted by Gasteiger charge is 2.50. The molecule has 2 aliphatic rings. The van der Waals surface area contributed by atoms with E-state index in [0.29, 0.717) is 41.4 Å². The van der Waals surface area contributed by atoms with Crippen LogP contribution >= 0.6 is 0 Å². The first-order chi connectivity index (χ1) is 13.3. The lowest BCUT2D eigenvalue weighted by molar-refractivity contribution is -0.119. The molecule has 0 aromatic carbocycles. The predicted molar refractivity (Wildman–Crippen MR) is 125 cm³/mol. The van der Waals surface area contributed by atoms with Gasteiger partial charge >= 0.3 is 0 Å². The van der Waals surface area contributed by atoms with Gasteiger partial charge in [-0.05, 0) is 77.9 Å². The van der Waals surface area contributed by atoms with E-state index in [1.165, 1.54) is 12.8 Å². The Morgan fingerprint density at radius 1 is 0.655 bits per heavy atom. The van der Waals surface area contributed by atoms with Crippen LogP contribution in [-0.4, -0.2) is 22.4 Å². The minimum Gasteiger partial charge on any atom is -0.393 e. The van der Waals surface area contributed by atoms with Crippen molar-refractivity contribution in [2.75, 3.05) is 0 Å². The summed E-state index contributed by atoms with van der Waals surface area (Å²) in [6.07, 6.45) is 7.63. The monoisotopic (exact) mass is 408 g/mol. The zero-order valence-corrected chi connectivity index (χ0v) is 21.0. The Hall–Kier alpha value is -0.0800. The molecule has 0 aliphatic heterocycles. The molecule has 2 rings (SSSR count). The summed E-state index contributed by atoms with van der Waals surface area (Å²) in [5, 5.41) is 23.1. The third kappa shape index (κ3) is 5.59. The van der Waals surface area contributed by atoms with Gasteiger partial charge in [-0.1, -0.05) is 81.6 Å². The lowest BCUT2D eigenvalue weighted by atomic mass is 9.55. The number of hydrogen-bond donors (Lipinski definition) is 2. The molecule has 8 unspecified atom stereocenters. The summed E-state index contributed by atoms with van der Waals surface area (Å²) in [7, 11) is 0. The van der Waals surface area contributed by atoms with Crippen LogP contribution in [0, 0.1) is 52.3 Å². The average Bonchev–Trinajstić information content (AvgIpc) is 2.62. The van der Waals surface area contributed by atoms with Gasteiger partial charge in [-0.25, -0.2) is 0 Å². The molecule has 0 aromatic heterocycles. The van der Waals surface area contributed by atoms with E-state index in [0.717, 1.165) is 32.1 Å². The molecule has 0 aromatic rings. The third-order valence-electron chi connectivity index (χ3n) is 9.04. The van der Waals surface area contributed by atoms with E-state index in [-0.39, 0.29) is 23.0 Å². The molecule has 29 heavy (non-hydrogen) atoms. The maximum Gasteiger partial charge on any atom is 0.0604 e. The molecule has 0 amide bonds. The Morgan fingerprint density at radius 3 is 1.24 bits per heavy atom. The fourth-order valence-corrected chi connectivity index (χ4v) is 7.01. The summed E-state index contributed by atoms with van der Waals surface area (Å²) >= 11 is 0. The topological polar surface area (TPSA) is 40.5 Å². The molecule has 172 valence electrons. The van der Waals surface area contributed by atoms with Gasteiger partial charge in [-0.15, -0.1) is 0 Å². The first-order valence-corrected chi connectivity index (χ1v) is 12.7. The molecule has 2 nitrogen and oxygen atoms in total. The van der Waals surface area contributed by atoms with Gasteiger partial charge < -0.3 is 10.2 Å². The third-order valence-corrected chi connectivity index (χ3v) is 9.04. The van der Waals surface area contributed by atoms with Crippen molar-refractivity contribution in [1.82, 2.24) is 0 Å². The van der Waals surface area contributed by atoms with Crippen molar-refractivity contribution in [3.05, 3.63) is 0 Å². The second-order valence-electron chi connectivity index (χ2n) is 12.8. The zero-order chi connectivity index (χ0) is 22.1. The van der Waals surface area contributed by atoms with Crippen molar-refractivity contribution in [2.45, 2.75) is 119 Å². The van der Waals surface area contributed by atoms with E-state index in [1.54, 1.807) is 0 Å². The average molecular weight is 409 g/mol. The van der Waals surface area contributed by atoms with Crippen molar-refractivity contribution in [1.29, 1.82) is 0 Å². The minimum atomic E-state index is -0.231. The van der Waals surface area contributed by atoms with Gasteiger partial charge in [0, 0.05) is 0 Å². The summed E-state index contributed by atoms with van der Waals surface area (Å²) in [5.74, 6) is 3.24. The second-order valence-corrected chi connectivity index (χ2v) is 12.8. The Labute approximate surface area is 182 Å². The minimum absolute atomic E-state index is 0.134. The molecule has 2 heteroatoms. The normalized spacial score (nSPS) is 40.7. The molecular weight excluding hydrogens is 356 g/mol. The van der Waals surface area contributed by atoms with E-state index in [9.17, 15) is 10.2 Å². The molecule has 0 spiro atoms. The molecular formula is C27H52O2. The molecule has 2 saturated carbocycles. The fraction of sp³-hybridized carbons (Fsp3) is 1.00. The van der Waals surface area contributed by atoms with Crippen LogP contribution in [0.3, 0.4) is 0 Å². The molecule has 8 atom stereocenters. The number of hydrogen-bond acceptors (Lipinski definition) is 2. The first kappa shape index (κ1) is 25.2. The van der Waals surface area contributed by atoms with Crippen LogP contribution in [0.5, 0.6) is 0 Å². The Kier molecular flexibility index (Phi) is 8.33. The summed E-state index contributed by atoms with van der Waals surface area (Å²) in [4.78, 5) is 0. The quantitative estimate of drug-likeness (QED) is 0.517. The molecule has 0 saturated heterocycles. The highest BCUT2D eigenvalue weighted by molar-refractivity contribution is 4.99. The summed E-state index contributed by atoms with van der Waals surface area (Å²) < 4.78 is 0. The van der Waals surface area contributed by atoms with Gasteiger partial charge in [0.05, 0.1) is 12.2 Å². The van der Waals surface area contributed by atoms with Crippen LogP contribution in [0.2, 0.25) is 0 Å². The van der Waals surface area contributed by atoms with Crippen LogP contribution in [-0.2, 0) is 0 Å². The SMILES string of the molecule is CCC1CC(C(CC)C2CC(CC)CC(C(C)(C)C)C2O)C(O)C(C(C)(C)C)C1. The van der Waals surface area contributed by atoms with Crippen LogP contribution in [0.25, 0.3) is 0 Å². The van der Waals surface area contributed by atoms with Gasteiger partial charge in [0.25, 0.3) is 0 Å². The molecule has 2 N–H and O–H groups in total. The highest BCUT2D eigenvalue weighted by atomic mass is 16.3. The fourth-order valence-electron chi connectivity index (χ4n) is 7.01. The van der Waals surface area contributed by atoms with Gasteiger partial charge in [0.2, 0.25) is 0 Å². The highest BCUT2D eigenvalue weighted by Crippen LogP contribution is 2.52. The second kappa shape index (κ2) is 9.60. The maximum atomic E-state index is 11.6. The molecule has 0 radical (unpaired) electrons. The molecule has 2 fully saturated rings. The largest absolute Gasteiger partial charge is 0.393 e. The summed E-state index contributed by atoms with van der Waals surface area (Å²) in [5.41, 5.74) is 0.268. The predicted octanol–water partition coefficient (Wildman–Crippen LogP) is 6.93. The maximum absolute atomic E-state index is 11.6. The number of rotatable bonds is 5. The zero-order valence-electron chi connectivity index (χ0n) is 21.0. The Bertz CT molecular complexity index is 456. The van der Waals surface area contributed by atoms with Crippen LogP contribution in [0.1, 0.15) is 107 Å². The van der Waals surface area contributed by atoms with Gasteiger partial charge in [-0.3, -0.25) is 0 Å². The van der Waals surface area contributed by atoms with Crippen molar-refractivity contribution < 1.29 is 10.2 Å². The molecule has 0 heterocycles. The first-order valence-electron chi connectivity index (χ1n) is 12.7. The Balaban J connectivity index is 2.35. The Morgan fingerprint density at radius 2 is 1.00 bits per heavy atom. The van der Waals surface area contributed by atoms with Crippen molar-refractivity contribution in [3.63, 3.8) is 0 Å². The number of aliphatic hydroxyl groups is 2. The molecule has 0 bridgehead atoms. The van der Waals surface area contributed by atoms with Crippen molar-refractivity contribution in [2.24, 2.45) is 52.3 Å². The van der Waals surface area contributed by atoms with E-state index in [4.69, 9.17) is 0 Å². The van der Waals surface area contributed by atoms with E-state index >= 15 is 0 Å². The summed E-state index contributed by atoms with van der Waals surface area (Å²) in [6.45, 7) is 20.7. The number of aliphatic hydroxyl groups excluding tert-OH is 2. The van der Waals surface area contributed by atoms with Crippen molar-refractivity contribution in [3.8, 4) is 0 Å². The lowest BCUT2D eigenvalue weighted by Crippen LogP contribution is -2.51. The van der Waals surface area contributed by atoms with Gasteiger partial charge in [0.1, 0.15) is 0 Å². The lowest BCUT2D eigenvalue weighted by Gasteiger charge is -2.53. The van der Waals surface area contributed by atoms with Crippen LogP contribution in [0.15, 0.2) is 0 Å². The standard InChI is InChI=1S/C27H52O2/c1-10-17-13-20(24(28)22(15-17)26(4,5)6)19(12-3)21-14-18(11-2)16-23(25(21)29)27(7,8)9/h17-25,28-29H,10-16H2,1-9H3.